The van der Waals surface area contributed by atoms with E-state index >= 15 is 0 Å². The zero-order valence-electron chi connectivity index (χ0n) is 14.1. The van der Waals surface area contributed by atoms with E-state index in [1.807, 2.05) is 24.4 Å². The van der Waals surface area contributed by atoms with Crippen molar-refractivity contribution in [3.8, 4) is 17.0 Å². The molecule has 5 rings (SSSR count). The van der Waals surface area contributed by atoms with Crippen LogP contribution < -0.4 is 10.1 Å². The van der Waals surface area contributed by atoms with Crippen LogP contribution >= 0.6 is 0 Å². The van der Waals surface area contributed by atoms with Crippen LogP contribution in [0.15, 0.2) is 35.0 Å². The molecule has 1 amide bonds. The number of rotatable bonds is 3. The Labute approximate surface area is 149 Å². The van der Waals surface area contributed by atoms with Crippen LogP contribution in [0.4, 0.5) is 0 Å². The highest BCUT2D eigenvalue weighted by Gasteiger charge is 2.24. The molecule has 1 atom stereocenters. The summed E-state index contributed by atoms with van der Waals surface area (Å²) in [6.45, 7) is 0.713. The van der Waals surface area contributed by atoms with Crippen molar-refractivity contribution in [1.29, 1.82) is 0 Å². The van der Waals surface area contributed by atoms with Crippen molar-refractivity contribution in [2.24, 2.45) is 0 Å². The van der Waals surface area contributed by atoms with E-state index in [9.17, 15) is 4.79 Å². The lowest BCUT2D eigenvalue weighted by Crippen LogP contribution is -2.38. The van der Waals surface area contributed by atoms with Crippen LogP contribution in [-0.4, -0.2) is 33.9 Å². The Morgan fingerprint density at radius 3 is 3.15 bits per heavy atom. The summed E-state index contributed by atoms with van der Waals surface area (Å²) < 4.78 is 10.8. The third-order valence-electron chi connectivity index (χ3n) is 5.07. The van der Waals surface area contributed by atoms with Crippen molar-refractivity contribution in [2.45, 2.75) is 31.7 Å². The molecule has 1 aliphatic heterocycles. The molecule has 0 bridgehead atoms. The molecule has 3 heterocycles. The van der Waals surface area contributed by atoms with E-state index in [0.717, 1.165) is 48.3 Å². The molecule has 1 aliphatic carbocycles. The van der Waals surface area contributed by atoms with Gasteiger partial charge in [-0.2, -0.15) is 5.10 Å². The van der Waals surface area contributed by atoms with E-state index in [2.05, 4.69) is 20.7 Å². The maximum Gasteiger partial charge on any atom is 0.290 e. The summed E-state index contributed by atoms with van der Waals surface area (Å²) in [4.78, 5) is 12.5. The summed E-state index contributed by atoms with van der Waals surface area (Å²) in [5.41, 5.74) is 5.08. The first-order valence-corrected chi connectivity index (χ1v) is 8.81. The number of nitrogens with one attached hydrogen (secondary N) is 2. The minimum absolute atomic E-state index is 0.0818. The second-order valence-corrected chi connectivity index (χ2v) is 6.78. The van der Waals surface area contributed by atoms with E-state index in [1.165, 1.54) is 5.56 Å². The fourth-order valence-corrected chi connectivity index (χ4v) is 3.66. The number of nitrogens with zero attached hydrogens (tertiary/aromatic N) is 2. The summed E-state index contributed by atoms with van der Waals surface area (Å²) in [6.07, 6.45) is 5.28. The molecule has 132 valence electrons. The minimum Gasteiger partial charge on any atom is -0.493 e. The highest BCUT2D eigenvalue weighted by molar-refractivity contribution is 5.92. The molecule has 1 unspecified atom stereocenters. The van der Waals surface area contributed by atoms with Gasteiger partial charge in [0.05, 0.1) is 12.8 Å². The maximum absolute atomic E-state index is 12.5. The smallest absolute Gasteiger partial charge is 0.290 e. The summed E-state index contributed by atoms with van der Waals surface area (Å²) in [7, 11) is 0. The Balaban J connectivity index is 1.30. The SMILES string of the molecule is O=C(NC1CCc2[nH]ncc2C1)c1cc(-c2ccc3c(c2)CCO3)no1. The Morgan fingerprint density at radius 1 is 1.23 bits per heavy atom. The second-order valence-electron chi connectivity index (χ2n) is 6.78. The van der Waals surface area contributed by atoms with Gasteiger partial charge in [-0.25, -0.2) is 0 Å². The quantitative estimate of drug-likeness (QED) is 0.756. The lowest BCUT2D eigenvalue weighted by atomic mass is 9.93. The molecule has 0 spiro atoms. The van der Waals surface area contributed by atoms with Gasteiger partial charge >= 0.3 is 0 Å². The molecule has 2 N–H and O–H groups in total. The predicted molar refractivity (Wildman–Crippen MR) is 93.0 cm³/mol. The number of hydrogen-bond donors (Lipinski definition) is 2. The number of aryl methyl sites for hydroxylation is 1. The zero-order valence-corrected chi connectivity index (χ0v) is 14.1. The molecule has 0 saturated heterocycles. The van der Waals surface area contributed by atoms with E-state index in [-0.39, 0.29) is 17.7 Å². The van der Waals surface area contributed by atoms with Gasteiger partial charge in [-0.3, -0.25) is 9.89 Å². The third kappa shape index (κ3) is 2.65. The van der Waals surface area contributed by atoms with Crippen LogP contribution in [0.1, 0.15) is 33.8 Å². The molecule has 2 aliphatic rings. The molecular weight excluding hydrogens is 332 g/mol. The lowest BCUT2D eigenvalue weighted by molar-refractivity contribution is 0.0896. The highest BCUT2D eigenvalue weighted by atomic mass is 16.5. The fraction of sp³-hybridized carbons (Fsp3) is 0.316. The molecule has 7 nitrogen and oxygen atoms in total. The van der Waals surface area contributed by atoms with Gasteiger partial charge in [0.25, 0.3) is 5.91 Å². The molecule has 3 aromatic rings. The number of carbonyl (C=O) groups excluding carboxylic acids is 1. The molecule has 1 aromatic carbocycles. The van der Waals surface area contributed by atoms with Gasteiger partial charge in [-0.15, -0.1) is 0 Å². The number of benzene rings is 1. The van der Waals surface area contributed by atoms with Gasteiger partial charge in [-0.05, 0) is 48.6 Å². The molecule has 7 heteroatoms. The number of amides is 1. The predicted octanol–water partition coefficient (Wildman–Crippen LogP) is 2.29. The first kappa shape index (κ1) is 15.2. The average Bonchev–Trinajstić information content (AvgIpc) is 3.39. The molecule has 2 aromatic heterocycles. The monoisotopic (exact) mass is 350 g/mol. The van der Waals surface area contributed by atoms with Crippen molar-refractivity contribution in [3.63, 3.8) is 0 Å². The summed E-state index contributed by atoms with van der Waals surface area (Å²) in [5.74, 6) is 0.922. The van der Waals surface area contributed by atoms with Crippen LogP contribution in [0.2, 0.25) is 0 Å². The van der Waals surface area contributed by atoms with Crippen LogP contribution in [0, 0.1) is 0 Å². The van der Waals surface area contributed by atoms with Gasteiger partial charge in [0.1, 0.15) is 11.4 Å². The van der Waals surface area contributed by atoms with Crippen LogP contribution in [-0.2, 0) is 19.3 Å². The van der Waals surface area contributed by atoms with Crippen molar-refractivity contribution in [1.82, 2.24) is 20.7 Å². The van der Waals surface area contributed by atoms with Gasteiger partial charge in [-0.1, -0.05) is 5.16 Å². The molecule has 0 saturated carbocycles. The van der Waals surface area contributed by atoms with Crippen LogP contribution in [0.5, 0.6) is 5.75 Å². The topological polar surface area (TPSA) is 93.0 Å². The highest BCUT2D eigenvalue weighted by Crippen LogP contribution is 2.30. The number of H-pyrrole nitrogens is 1. The largest absolute Gasteiger partial charge is 0.493 e. The first-order chi connectivity index (χ1) is 12.8. The summed E-state index contributed by atoms with van der Waals surface area (Å²) in [6, 6.07) is 7.70. The van der Waals surface area contributed by atoms with Gasteiger partial charge in [0, 0.05) is 29.8 Å². The third-order valence-corrected chi connectivity index (χ3v) is 5.07. The second kappa shape index (κ2) is 6.01. The summed E-state index contributed by atoms with van der Waals surface area (Å²) >= 11 is 0. The fourth-order valence-electron chi connectivity index (χ4n) is 3.66. The maximum atomic E-state index is 12.5. The van der Waals surface area contributed by atoms with Gasteiger partial charge < -0.3 is 14.6 Å². The molecule has 0 radical (unpaired) electrons. The minimum atomic E-state index is -0.231. The van der Waals surface area contributed by atoms with E-state index in [4.69, 9.17) is 9.26 Å². The Kier molecular flexibility index (Phi) is 3.51. The van der Waals surface area contributed by atoms with Crippen molar-refractivity contribution >= 4 is 5.91 Å². The van der Waals surface area contributed by atoms with E-state index in [0.29, 0.717) is 12.3 Å². The van der Waals surface area contributed by atoms with Crippen LogP contribution in [0.25, 0.3) is 11.3 Å². The van der Waals surface area contributed by atoms with Crippen LogP contribution in [0.3, 0.4) is 0 Å². The Morgan fingerprint density at radius 2 is 2.19 bits per heavy atom. The number of ether oxygens (including phenoxy) is 1. The van der Waals surface area contributed by atoms with Gasteiger partial charge in [0.2, 0.25) is 5.76 Å². The number of aromatic nitrogens is 3. The van der Waals surface area contributed by atoms with E-state index in [1.54, 1.807) is 6.07 Å². The first-order valence-electron chi connectivity index (χ1n) is 8.81. The molecular formula is C19H18N4O3. The van der Waals surface area contributed by atoms with Gasteiger partial charge in [0.15, 0.2) is 0 Å². The zero-order chi connectivity index (χ0) is 17.5. The number of fused-ring (bicyclic) bond motifs is 2. The van der Waals surface area contributed by atoms with Crippen molar-refractivity contribution in [3.05, 3.63) is 53.0 Å². The average molecular weight is 350 g/mol. The normalized spacial score (nSPS) is 18.1. The Hall–Kier alpha value is -3.09. The lowest BCUT2D eigenvalue weighted by Gasteiger charge is -2.22. The van der Waals surface area contributed by atoms with Crippen molar-refractivity contribution in [2.75, 3.05) is 6.61 Å². The van der Waals surface area contributed by atoms with E-state index < -0.39 is 0 Å². The number of carbonyl (C=O) groups is 1. The van der Waals surface area contributed by atoms with Crippen molar-refractivity contribution < 1.29 is 14.1 Å². The number of aromatic amines is 1. The molecule has 26 heavy (non-hydrogen) atoms. The standard InChI is InChI=1S/C19H18N4O3/c24-19(21-14-2-3-15-13(8-14)10-20-22-15)18-9-16(23-26-18)11-1-4-17-12(7-11)5-6-25-17/h1,4,7,9-10,14H,2-3,5-6,8H2,(H,20,22)(H,21,24). The number of hydrogen-bond acceptors (Lipinski definition) is 5. The molecule has 0 fully saturated rings. The summed E-state index contributed by atoms with van der Waals surface area (Å²) in [5, 5.41) is 14.2. The Bertz CT molecular complexity index is 975.